The lowest BCUT2D eigenvalue weighted by atomic mass is 10.1. The molecule has 5 heteroatoms. The molecule has 0 aromatic heterocycles. The highest BCUT2D eigenvalue weighted by Crippen LogP contribution is 2.07. The van der Waals surface area contributed by atoms with Gasteiger partial charge in [-0.15, -0.1) is 0 Å². The van der Waals surface area contributed by atoms with Crippen LogP contribution in [-0.4, -0.2) is 31.6 Å². The van der Waals surface area contributed by atoms with Crippen LogP contribution < -0.4 is 11.1 Å². The van der Waals surface area contributed by atoms with Gasteiger partial charge in [-0.3, -0.25) is 4.99 Å². The Hall–Kier alpha value is -2.04. The van der Waals surface area contributed by atoms with Gasteiger partial charge in [-0.2, -0.15) is 0 Å². The zero-order chi connectivity index (χ0) is 12.1. The minimum Gasteiger partial charge on any atom is -0.449 e. The molecule has 0 fully saturated rings. The first kappa shape index (κ1) is 11.4. The molecule has 0 atom stereocenters. The van der Waals surface area contributed by atoms with Crippen molar-refractivity contribution < 1.29 is 9.53 Å². The molecule has 1 aromatic rings. The number of rotatable bonds is 4. The fourth-order valence-electron chi connectivity index (χ4n) is 1.69. The highest BCUT2D eigenvalue weighted by molar-refractivity contribution is 5.99. The predicted octanol–water partition coefficient (Wildman–Crippen LogP) is 0.674. The number of hydrogen-bond donors (Lipinski definition) is 2. The molecule has 0 radical (unpaired) electrons. The smallest absolute Gasteiger partial charge is 0.404 e. The third kappa shape index (κ3) is 3.21. The van der Waals surface area contributed by atoms with Crippen LogP contribution in [0.3, 0.4) is 0 Å². The van der Waals surface area contributed by atoms with E-state index in [1.807, 2.05) is 24.3 Å². The fourth-order valence-corrected chi connectivity index (χ4v) is 1.69. The van der Waals surface area contributed by atoms with Gasteiger partial charge in [0.05, 0.1) is 13.2 Å². The largest absolute Gasteiger partial charge is 0.449 e. The third-order valence-electron chi connectivity index (χ3n) is 2.54. The van der Waals surface area contributed by atoms with Crippen molar-refractivity contribution in [3.63, 3.8) is 0 Å². The van der Waals surface area contributed by atoms with Crippen molar-refractivity contribution in [1.82, 2.24) is 5.32 Å². The summed E-state index contributed by atoms with van der Waals surface area (Å²) >= 11 is 0. The van der Waals surface area contributed by atoms with E-state index in [1.165, 1.54) is 0 Å². The Balaban J connectivity index is 1.91. The average molecular weight is 233 g/mol. The molecule has 0 bridgehead atoms. The molecule has 90 valence electrons. The molecule has 0 spiro atoms. The Kier molecular flexibility index (Phi) is 3.59. The topological polar surface area (TPSA) is 76.7 Å². The van der Waals surface area contributed by atoms with Crippen molar-refractivity contribution in [2.24, 2.45) is 10.7 Å². The Labute approximate surface area is 99.7 Å². The van der Waals surface area contributed by atoms with E-state index >= 15 is 0 Å². The maximum Gasteiger partial charge on any atom is 0.404 e. The van der Waals surface area contributed by atoms with Crippen LogP contribution >= 0.6 is 0 Å². The number of amides is 1. The molecule has 0 aliphatic carbocycles. The van der Waals surface area contributed by atoms with E-state index in [1.54, 1.807) is 0 Å². The Morgan fingerprint density at radius 3 is 2.76 bits per heavy atom. The van der Waals surface area contributed by atoms with Crippen molar-refractivity contribution in [1.29, 1.82) is 0 Å². The highest BCUT2D eigenvalue weighted by Gasteiger charge is 2.07. The number of hydrogen-bond acceptors (Lipinski definition) is 4. The van der Waals surface area contributed by atoms with E-state index in [4.69, 9.17) is 5.73 Å². The van der Waals surface area contributed by atoms with Crippen LogP contribution in [0.1, 0.15) is 11.1 Å². The fraction of sp³-hybridized carbons (Fsp3) is 0.333. The Morgan fingerprint density at radius 2 is 2.18 bits per heavy atom. The summed E-state index contributed by atoms with van der Waals surface area (Å²) in [5.74, 6) is 0.949. The number of nitrogens with zero attached hydrogens (tertiary/aromatic N) is 1. The van der Waals surface area contributed by atoms with Crippen LogP contribution in [0, 0.1) is 0 Å². The second-order valence-corrected chi connectivity index (χ2v) is 3.77. The molecule has 2 rings (SSSR count). The van der Waals surface area contributed by atoms with Crippen LogP contribution in [0.5, 0.6) is 0 Å². The molecular weight excluding hydrogens is 218 g/mol. The molecule has 1 amide bonds. The van der Waals surface area contributed by atoms with Gasteiger partial charge in [-0.25, -0.2) is 4.79 Å². The van der Waals surface area contributed by atoms with Gasteiger partial charge in [0.1, 0.15) is 5.84 Å². The third-order valence-corrected chi connectivity index (χ3v) is 2.54. The summed E-state index contributed by atoms with van der Waals surface area (Å²) in [5, 5.41) is 3.21. The molecule has 1 aliphatic heterocycles. The van der Waals surface area contributed by atoms with Gasteiger partial charge < -0.3 is 15.8 Å². The number of primary amides is 1. The molecule has 0 unspecified atom stereocenters. The average Bonchev–Trinajstić information content (AvgIpc) is 2.83. The Morgan fingerprint density at radius 1 is 1.41 bits per heavy atom. The number of aliphatic imine (C=N–C) groups is 1. The molecule has 1 aliphatic rings. The molecule has 3 N–H and O–H groups in total. The lowest BCUT2D eigenvalue weighted by Gasteiger charge is -2.05. The van der Waals surface area contributed by atoms with Crippen LogP contribution in [0.2, 0.25) is 0 Å². The van der Waals surface area contributed by atoms with Gasteiger partial charge in [0, 0.05) is 18.5 Å². The molecule has 0 saturated carbocycles. The number of carbonyl (C=O) groups excluding carboxylic acids is 1. The van der Waals surface area contributed by atoms with Gasteiger partial charge in [0.2, 0.25) is 0 Å². The second kappa shape index (κ2) is 5.34. The molecule has 5 nitrogen and oxygen atoms in total. The summed E-state index contributed by atoms with van der Waals surface area (Å²) in [6.45, 7) is 2.06. The van der Waals surface area contributed by atoms with Crippen molar-refractivity contribution in [2.75, 3.05) is 19.7 Å². The molecule has 1 heterocycles. The maximum atomic E-state index is 10.4. The second-order valence-electron chi connectivity index (χ2n) is 3.77. The minimum atomic E-state index is -0.730. The normalized spacial score (nSPS) is 14.0. The van der Waals surface area contributed by atoms with Gasteiger partial charge >= 0.3 is 6.09 Å². The van der Waals surface area contributed by atoms with E-state index in [2.05, 4.69) is 15.0 Å². The molecule has 1 aromatic carbocycles. The lowest BCUT2D eigenvalue weighted by molar-refractivity contribution is 0.158. The summed E-state index contributed by atoms with van der Waals surface area (Å²) in [4.78, 5) is 14.7. The lowest BCUT2D eigenvalue weighted by Crippen LogP contribution is -2.19. The van der Waals surface area contributed by atoms with Crippen molar-refractivity contribution >= 4 is 11.9 Å². The molecule has 0 saturated heterocycles. The summed E-state index contributed by atoms with van der Waals surface area (Å²) in [6.07, 6.45) is -0.0607. The highest BCUT2D eigenvalue weighted by atomic mass is 16.5. The SMILES string of the molecule is NC(=O)OCCc1ccc(C2=NCCN2)cc1. The first-order valence-corrected chi connectivity index (χ1v) is 5.55. The van der Waals surface area contributed by atoms with Gasteiger partial charge in [0.15, 0.2) is 0 Å². The number of ether oxygens (including phenoxy) is 1. The molecule has 17 heavy (non-hydrogen) atoms. The first-order chi connectivity index (χ1) is 8.25. The van der Waals surface area contributed by atoms with Gasteiger partial charge in [-0.05, 0) is 5.56 Å². The standard InChI is InChI=1S/C12H15N3O2/c13-12(16)17-8-5-9-1-3-10(4-2-9)11-14-6-7-15-11/h1-4H,5-8H2,(H2,13,16)(H,14,15). The predicted molar refractivity (Wildman–Crippen MR) is 65.1 cm³/mol. The quantitative estimate of drug-likeness (QED) is 0.802. The van der Waals surface area contributed by atoms with Gasteiger partial charge in [0.25, 0.3) is 0 Å². The van der Waals surface area contributed by atoms with Crippen molar-refractivity contribution in [3.05, 3.63) is 35.4 Å². The van der Waals surface area contributed by atoms with Crippen LogP contribution in [0.15, 0.2) is 29.3 Å². The van der Waals surface area contributed by atoms with Crippen LogP contribution in [0.25, 0.3) is 0 Å². The van der Waals surface area contributed by atoms with E-state index in [0.717, 1.165) is 30.1 Å². The number of amidine groups is 1. The minimum absolute atomic E-state index is 0.313. The number of nitrogens with two attached hydrogens (primary N) is 1. The summed E-state index contributed by atoms with van der Waals surface area (Å²) < 4.78 is 4.68. The monoisotopic (exact) mass is 233 g/mol. The first-order valence-electron chi connectivity index (χ1n) is 5.55. The van der Waals surface area contributed by atoms with E-state index in [0.29, 0.717) is 13.0 Å². The number of nitrogens with one attached hydrogen (secondary N) is 1. The zero-order valence-electron chi connectivity index (χ0n) is 9.48. The Bertz CT molecular complexity index is 426. The van der Waals surface area contributed by atoms with Crippen molar-refractivity contribution in [3.8, 4) is 0 Å². The van der Waals surface area contributed by atoms with E-state index in [9.17, 15) is 4.79 Å². The zero-order valence-corrected chi connectivity index (χ0v) is 9.48. The number of benzene rings is 1. The molecular formula is C12H15N3O2. The van der Waals surface area contributed by atoms with E-state index in [-0.39, 0.29) is 0 Å². The van der Waals surface area contributed by atoms with Crippen LogP contribution in [-0.2, 0) is 11.2 Å². The van der Waals surface area contributed by atoms with E-state index < -0.39 is 6.09 Å². The maximum absolute atomic E-state index is 10.4. The van der Waals surface area contributed by atoms with Crippen LogP contribution in [0.4, 0.5) is 4.79 Å². The summed E-state index contributed by atoms with van der Waals surface area (Å²) in [5.41, 5.74) is 7.07. The number of carbonyl (C=O) groups is 1. The van der Waals surface area contributed by atoms with Gasteiger partial charge in [-0.1, -0.05) is 24.3 Å². The summed E-state index contributed by atoms with van der Waals surface area (Å²) in [6, 6.07) is 8.03. The summed E-state index contributed by atoms with van der Waals surface area (Å²) in [7, 11) is 0. The van der Waals surface area contributed by atoms with Crippen molar-refractivity contribution in [2.45, 2.75) is 6.42 Å².